The average molecular weight is 269 g/mol. The smallest absolute Gasteiger partial charge is 0.322 e. The molecule has 0 saturated carbocycles. The fraction of sp³-hybridized carbons (Fsp3) is 0.750. The molecule has 0 unspecified atom stereocenters. The lowest BCUT2D eigenvalue weighted by molar-refractivity contribution is 0.110. The molecule has 1 rings (SSSR count). The maximum atomic E-state index is 5.49. The molecule has 0 atom stereocenters. The number of rotatable bonds is 9. The topological polar surface area (TPSA) is 81.2 Å². The van der Waals surface area contributed by atoms with Crippen molar-refractivity contribution < 1.29 is 9.47 Å². The van der Waals surface area contributed by atoms with E-state index in [1.807, 2.05) is 0 Å². The number of hydrogen-bond donors (Lipinski definition) is 2. The highest BCUT2D eigenvalue weighted by atomic mass is 16.5. The van der Waals surface area contributed by atoms with Crippen LogP contribution in [0.1, 0.15) is 20.3 Å². The Labute approximate surface area is 114 Å². The number of nitrogens with one attached hydrogen (secondary N) is 2. The van der Waals surface area contributed by atoms with E-state index in [2.05, 4.69) is 39.4 Å². The Bertz CT molecular complexity index is 351. The van der Waals surface area contributed by atoms with Crippen molar-refractivity contribution in [2.45, 2.75) is 20.3 Å². The van der Waals surface area contributed by atoms with Crippen molar-refractivity contribution >= 4 is 11.9 Å². The highest BCUT2D eigenvalue weighted by Crippen LogP contribution is 2.09. The van der Waals surface area contributed by atoms with E-state index in [0.717, 1.165) is 26.2 Å². The molecule has 1 aromatic rings. The lowest BCUT2D eigenvalue weighted by Gasteiger charge is -2.09. The summed E-state index contributed by atoms with van der Waals surface area (Å²) in [7, 11) is 3.27. The summed E-state index contributed by atoms with van der Waals surface area (Å²) in [4.78, 5) is 12.3. The van der Waals surface area contributed by atoms with Crippen LogP contribution in [-0.2, 0) is 4.74 Å². The third-order valence-electron chi connectivity index (χ3n) is 2.22. The van der Waals surface area contributed by atoms with E-state index in [-0.39, 0.29) is 6.01 Å². The molecule has 0 fully saturated rings. The van der Waals surface area contributed by atoms with Crippen molar-refractivity contribution in [3.05, 3.63) is 0 Å². The first-order valence-corrected chi connectivity index (χ1v) is 6.45. The molecule has 0 spiro atoms. The lowest BCUT2D eigenvalue weighted by Crippen LogP contribution is -2.12. The molecule has 1 heterocycles. The van der Waals surface area contributed by atoms with E-state index in [1.165, 1.54) is 7.11 Å². The van der Waals surface area contributed by atoms with Crippen LogP contribution in [0.4, 0.5) is 11.9 Å². The Hall–Kier alpha value is -1.63. The van der Waals surface area contributed by atoms with E-state index in [4.69, 9.17) is 9.47 Å². The van der Waals surface area contributed by atoms with E-state index in [1.54, 1.807) is 7.05 Å². The van der Waals surface area contributed by atoms with Gasteiger partial charge in [0.15, 0.2) is 0 Å². The Balaban J connectivity index is 2.32. The Kier molecular flexibility index (Phi) is 6.88. The van der Waals surface area contributed by atoms with Crippen LogP contribution in [0.15, 0.2) is 0 Å². The summed E-state index contributed by atoms with van der Waals surface area (Å²) >= 11 is 0. The summed E-state index contributed by atoms with van der Waals surface area (Å²) in [5.41, 5.74) is 0. The van der Waals surface area contributed by atoms with Gasteiger partial charge in [-0.05, 0) is 12.3 Å². The zero-order valence-corrected chi connectivity index (χ0v) is 12.1. The molecule has 0 saturated heterocycles. The van der Waals surface area contributed by atoms with Crippen LogP contribution in [0, 0.1) is 5.92 Å². The predicted molar refractivity (Wildman–Crippen MR) is 74.7 cm³/mol. The van der Waals surface area contributed by atoms with Crippen molar-refractivity contribution in [1.82, 2.24) is 15.0 Å². The monoisotopic (exact) mass is 269 g/mol. The maximum absolute atomic E-state index is 5.49. The molecule has 0 aliphatic heterocycles. The van der Waals surface area contributed by atoms with Gasteiger partial charge in [0, 0.05) is 26.8 Å². The first-order valence-electron chi connectivity index (χ1n) is 6.45. The minimum Gasteiger partial charge on any atom is -0.467 e. The van der Waals surface area contributed by atoms with Gasteiger partial charge in [-0.1, -0.05) is 13.8 Å². The van der Waals surface area contributed by atoms with Gasteiger partial charge in [-0.2, -0.15) is 15.0 Å². The predicted octanol–water partition coefficient (Wildman–Crippen LogP) is 1.40. The van der Waals surface area contributed by atoms with Gasteiger partial charge in [-0.25, -0.2) is 0 Å². The lowest BCUT2D eigenvalue weighted by atomic mass is 10.2. The molecule has 0 radical (unpaired) electrons. The summed E-state index contributed by atoms with van der Waals surface area (Å²) in [6, 6.07) is 0.290. The van der Waals surface area contributed by atoms with Gasteiger partial charge in [-0.3, -0.25) is 0 Å². The first kappa shape index (κ1) is 15.4. The van der Waals surface area contributed by atoms with E-state index < -0.39 is 0 Å². The molecule has 0 aliphatic carbocycles. The minimum absolute atomic E-state index is 0.290. The molecule has 7 heteroatoms. The van der Waals surface area contributed by atoms with Crippen LogP contribution >= 0.6 is 0 Å². The quantitative estimate of drug-likeness (QED) is 0.656. The van der Waals surface area contributed by atoms with Crippen molar-refractivity contribution in [3.63, 3.8) is 0 Å². The van der Waals surface area contributed by atoms with Crippen LogP contribution in [-0.4, -0.2) is 48.9 Å². The molecule has 19 heavy (non-hydrogen) atoms. The third kappa shape index (κ3) is 6.19. The molecule has 7 nitrogen and oxygen atoms in total. The van der Waals surface area contributed by atoms with Crippen molar-refractivity contribution in [3.8, 4) is 6.01 Å². The van der Waals surface area contributed by atoms with Crippen LogP contribution < -0.4 is 15.4 Å². The number of aromatic nitrogens is 3. The number of hydrogen-bond acceptors (Lipinski definition) is 7. The normalized spacial score (nSPS) is 10.6. The largest absolute Gasteiger partial charge is 0.467 e. The van der Waals surface area contributed by atoms with Crippen molar-refractivity contribution in [2.75, 3.05) is 44.5 Å². The molecule has 0 aliphatic rings. The summed E-state index contributed by atoms with van der Waals surface area (Å²) < 4.78 is 10.5. The van der Waals surface area contributed by atoms with Crippen LogP contribution in [0.2, 0.25) is 0 Å². The van der Waals surface area contributed by atoms with Gasteiger partial charge in [0.1, 0.15) is 0 Å². The van der Waals surface area contributed by atoms with Gasteiger partial charge < -0.3 is 20.1 Å². The van der Waals surface area contributed by atoms with Gasteiger partial charge in [0.2, 0.25) is 11.9 Å². The second-order valence-corrected chi connectivity index (χ2v) is 4.47. The molecule has 0 aromatic carbocycles. The van der Waals surface area contributed by atoms with Gasteiger partial charge in [-0.15, -0.1) is 0 Å². The van der Waals surface area contributed by atoms with Crippen LogP contribution in [0.5, 0.6) is 6.01 Å². The number of nitrogens with zero attached hydrogens (tertiary/aromatic N) is 3. The maximum Gasteiger partial charge on any atom is 0.322 e. The SMILES string of the molecule is CNc1nc(NCCCOCC(C)C)nc(OC)n1. The second kappa shape index (κ2) is 8.47. The van der Waals surface area contributed by atoms with Crippen molar-refractivity contribution in [1.29, 1.82) is 0 Å². The summed E-state index contributed by atoms with van der Waals surface area (Å²) in [5.74, 6) is 1.55. The molecule has 2 N–H and O–H groups in total. The van der Waals surface area contributed by atoms with Crippen LogP contribution in [0.3, 0.4) is 0 Å². The zero-order chi connectivity index (χ0) is 14.1. The number of methoxy groups -OCH3 is 1. The second-order valence-electron chi connectivity index (χ2n) is 4.47. The Morgan fingerprint density at radius 3 is 2.53 bits per heavy atom. The third-order valence-corrected chi connectivity index (χ3v) is 2.22. The molecular weight excluding hydrogens is 246 g/mol. The summed E-state index contributed by atoms with van der Waals surface area (Å²) in [5, 5.41) is 5.98. The van der Waals surface area contributed by atoms with Crippen molar-refractivity contribution in [2.24, 2.45) is 5.92 Å². The van der Waals surface area contributed by atoms with Gasteiger partial charge in [0.05, 0.1) is 7.11 Å². The summed E-state index contributed by atoms with van der Waals surface area (Å²) in [6.07, 6.45) is 0.898. The molecule has 0 amide bonds. The van der Waals surface area contributed by atoms with Gasteiger partial charge >= 0.3 is 6.01 Å². The molecule has 1 aromatic heterocycles. The fourth-order valence-electron chi connectivity index (χ4n) is 1.33. The highest BCUT2D eigenvalue weighted by molar-refractivity contribution is 5.35. The zero-order valence-electron chi connectivity index (χ0n) is 12.1. The van der Waals surface area contributed by atoms with Crippen LogP contribution in [0.25, 0.3) is 0 Å². The first-order chi connectivity index (χ1) is 9.15. The standard InChI is InChI=1S/C12H23N5O2/c1-9(2)8-19-7-5-6-14-11-15-10(13-3)16-12(17-11)18-4/h9H,5-8H2,1-4H3,(H2,13,14,15,16,17). The fourth-order valence-corrected chi connectivity index (χ4v) is 1.33. The molecular formula is C12H23N5O2. The number of anilines is 2. The van der Waals surface area contributed by atoms with E-state index in [0.29, 0.717) is 17.8 Å². The van der Waals surface area contributed by atoms with E-state index in [9.17, 15) is 0 Å². The molecule has 108 valence electrons. The highest BCUT2D eigenvalue weighted by Gasteiger charge is 2.04. The Morgan fingerprint density at radius 1 is 1.16 bits per heavy atom. The van der Waals surface area contributed by atoms with Gasteiger partial charge in [0.25, 0.3) is 0 Å². The number of ether oxygens (including phenoxy) is 2. The summed E-state index contributed by atoms with van der Waals surface area (Å²) in [6.45, 7) is 6.54. The minimum atomic E-state index is 0.290. The Morgan fingerprint density at radius 2 is 1.89 bits per heavy atom. The molecule has 0 bridgehead atoms. The van der Waals surface area contributed by atoms with E-state index >= 15 is 0 Å². The average Bonchev–Trinajstić information content (AvgIpc) is 2.41.